The molecule has 7 heteroatoms. The molecule has 0 saturated carbocycles. The fourth-order valence-electron chi connectivity index (χ4n) is 3.64. The van der Waals surface area contributed by atoms with E-state index in [-0.39, 0.29) is 5.91 Å². The molecule has 0 unspecified atom stereocenters. The summed E-state index contributed by atoms with van der Waals surface area (Å²) < 4.78 is 1.86. The minimum atomic E-state index is 0.110. The predicted octanol–water partition coefficient (Wildman–Crippen LogP) is 1.65. The third-order valence-electron chi connectivity index (χ3n) is 5.11. The summed E-state index contributed by atoms with van der Waals surface area (Å²) >= 11 is 0. The number of carbonyl (C=O) groups is 1. The summed E-state index contributed by atoms with van der Waals surface area (Å²) in [7, 11) is 0. The molecule has 3 heterocycles. The van der Waals surface area contributed by atoms with Crippen molar-refractivity contribution in [2.75, 3.05) is 39.3 Å². The number of nitrogens with one attached hydrogen (secondary N) is 1. The second kappa shape index (κ2) is 8.50. The van der Waals surface area contributed by atoms with Crippen LogP contribution in [0.5, 0.6) is 0 Å². The van der Waals surface area contributed by atoms with Crippen LogP contribution in [-0.2, 0) is 11.3 Å². The number of aromatic nitrogens is 3. The quantitative estimate of drug-likeness (QED) is 0.707. The molecule has 1 saturated heterocycles. The van der Waals surface area contributed by atoms with Gasteiger partial charge in [-0.25, -0.2) is 9.50 Å². The number of rotatable bonds is 6. The van der Waals surface area contributed by atoms with E-state index in [9.17, 15) is 4.79 Å². The van der Waals surface area contributed by atoms with E-state index in [0.717, 1.165) is 55.1 Å². The number of carbonyl (C=O) groups excluding carboxylic acids is 1. The van der Waals surface area contributed by atoms with Gasteiger partial charge in [-0.05, 0) is 12.5 Å². The Morgan fingerprint density at radius 3 is 2.57 bits per heavy atom. The summed E-state index contributed by atoms with van der Waals surface area (Å²) in [6, 6.07) is 10.2. The van der Waals surface area contributed by atoms with E-state index in [2.05, 4.69) is 43.5 Å². The fourth-order valence-corrected chi connectivity index (χ4v) is 3.64. The molecule has 28 heavy (non-hydrogen) atoms. The molecular formula is C21H26N6O. The molecule has 4 rings (SSSR count). The van der Waals surface area contributed by atoms with E-state index in [1.54, 1.807) is 0 Å². The molecule has 0 radical (unpaired) electrons. The molecule has 1 N–H and O–H groups in total. The van der Waals surface area contributed by atoms with Crippen LogP contribution in [0.4, 0.5) is 0 Å². The second-order valence-corrected chi connectivity index (χ2v) is 7.16. The molecule has 0 spiro atoms. The lowest BCUT2D eigenvalue weighted by Gasteiger charge is -2.34. The maximum atomic E-state index is 11.7. The van der Waals surface area contributed by atoms with Gasteiger partial charge in [0, 0.05) is 62.8 Å². The van der Waals surface area contributed by atoms with E-state index in [0.29, 0.717) is 13.1 Å². The zero-order valence-electron chi connectivity index (χ0n) is 16.2. The average Bonchev–Trinajstić information content (AvgIpc) is 3.14. The lowest BCUT2D eigenvalue weighted by molar-refractivity contribution is -0.122. The van der Waals surface area contributed by atoms with Gasteiger partial charge >= 0.3 is 0 Å². The Morgan fingerprint density at radius 2 is 1.82 bits per heavy atom. The summed E-state index contributed by atoms with van der Waals surface area (Å²) in [6.45, 7) is 7.69. The number of hydrogen-bond acceptors (Lipinski definition) is 5. The largest absolute Gasteiger partial charge is 0.355 e. The first-order valence-electron chi connectivity index (χ1n) is 9.82. The van der Waals surface area contributed by atoms with Crippen molar-refractivity contribution in [3.8, 4) is 11.1 Å². The standard InChI is InChI=1S/C21H26N6O/c1-2-22-20(28)16-26-10-8-25(9-11-26)14-17-12-23-21-19(13-24-27(21)15-17)18-6-4-3-5-7-18/h3-7,12-13,15H,2,8-11,14,16H2,1H3,(H,22,28). The predicted molar refractivity (Wildman–Crippen MR) is 109 cm³/mol. The van der Waals surface area contributed by atoms with Crippen molar-refractivity contribution in [3.63, 3.8) is 0 Å². The summed E-state index contributed by atoms with van der Waals surface area (Å²) in [5.74, 6) is 0.110. The molecule has 0 atom stereocenters. The van der Waals surface area contributed by atoms with Crippen LogP contribution in [-0.4, -0.2) is 69.6 Å². The van der Waals surface area contributed by atoms with Gasteiger partial charge < -0.3 is 5.32 Å². The monoisotopic (exact) mass is 378 g/mol. The van der Waals surface area contributed by atoms with Crippen molar-refractivity contribution in [1.82, 2.24) is 29.7 Å². The Balaban J connectivity index is 1.38. The number of likely N-dealkylation sites (N-methyl/N-ethyl adjacent to an activating group) is 1. The number of fused-ring (bicyclic) bond motifs is 1. The van der Waals surface area contributed by atoms with E-state index in [1.165, 1.54) is 0 Å². The molecule has 0 bridgehead atoms. The summed E-state index contributed by atoms with van der Waals surface area (Å²) in [6.07, 6.45) is 5.89. The van der Waals surface area contributed by atoms with Crippen molar-refractivity contribution in [2.24, 2.45) is 0 Å². The second-order valence-electron chi connectivity index (χ2n) is 7.16. The lowest BCUT2D eigenvalue weighted by atomic mass is 10.1. The Labute approximate surface area is 165 Å². The smallest absolute Gasteiger partial charge is 0.234 e. The van der Waals surface area contributed by atoms with Gasteiger partial charge in [0.15, 0.2) is 5.65 Å². The van der Waals surface area contributed by atoms with Crippen molar-refractivity contribution in [1.29, 1.82) is 0 Å². The van der Waals surface area contributed by atoms with Crippen LogP contribution < -0.4 is 5.32 Å². The zero-order chi connectivity index (χ0) is 19.3. The average molecular weight is 378 g/mol. The normalized spacial score (nSPS) is 15.8. The molecule has 1 aliphatic heterocycles. The highest BCUT2D eigenvalue weighted by atomic mass is 16.2. The molecular weight excluding hydrogens is 352 g/mol. The molecule has 7 nitrogen and oxygen atoms in total. The number of nitrogens with zero attached hydrogens (tertiary/aromatic N) is 5. The molecule has 3 aromatic rings. The van der Waals surface area contributed by atoms with Crippen molar-refractivity contribution < 1.29 is 4.79 Å². The van der Waals surface area contributed by atoms with E-state index >= 15 is 0 Å². The van der Waals surface area contributed by atoms with Gasteiger partial charge in [-0.15, -0.1) is 0 Å². The summed E-state index contributed by atoms with van der Waals surface area (Å²) in [5, 5.41) is 7.36. The van der Waals surface area contributed by atoms with Gasteiger partial charge in [0.05, 0.1) is 12.7 Å². The maximum Gasteiger partial charge on any atom is 0.234 e. The summed E-state index contributed by atoms with van der Waals surface area (Å²) in [4.78, 5) is 21.0. The molecule has 1 aromatic carbocycles. The maximum absolute atomic E-state index is 11.7. The summed E-state index contributed by atoms with van der Waals surface area (Å²) in [5.41, 5.74) is 4.20. The van der Waals surface area contributed by atoms with E-state index in [1.807, 2.05) is 42.0 Å². The Kier molecular flexibility index (Phi) is 5.64. The topological polar surface area (TPSA) is 65.8 Å². The van der Waals surface area contributed by atoms with E-state index < -0.39 is 0 Å². The van der Waals surface area contributed by atoms with Gasteiger partial charge in [0.1, 0.15) is 0 Å². The van der Waals surface area contributed by atoms with Crippen LogP contribution in [0.15, 0.2) is 48.9 Å². The molecule has 146 valence electrons. The minimum Gasteiger partial charge on any atom is -0.355 e. The van der Waals surface area contributed by atoms with Crippen LogP contribution >= 0.6 is 0 Å². The Bertz CT molecular complexity index is 930. The Hall–Kier alpha value is -2.77. The number of piperazine rings is 1. The SMILES string of the molecule is CCNC(=O)CN1CCN(Cc2cnc3c(-c4ccccc4)cnn3c2)CC1. The van der Waals surface area contributed by atoms with Gasteiger partial charge in [-0.1, -0.05) is 30.3 Å². The number of amides is 1. The van der Waals surface area contributed by atoms with Gasteiger partial charge in [-0.2, -0.15) is 5.10 Å². The molecule has 1 fully saturated rings. The van der Waals surface area contributed by atoms with Gasteiger partial charge in [0.2, 0.25) is 5.91 Å². The highest BCUT2D eigenvalue weighted by molar-refractivity contribution is 5.78. The third kappa shape index (κ3) is 4.21. The highest BCUT2D eigenvalue weighted by Gasteiger charge is 2.19. The first-order chi connectivity index (χ1) is 13.7. The van der Waals surface area contributed by atoms with Crippen molar-refractivity contribution >= 4 is 11.6 Å². The number of benzene rings is 1. The first kappa shape index (κ1) is 18.6. The van der Waals surface area contributed by atoms with E-state index in [4.69, 9.17) is 0 Å². The zero-order valence-corrected chi connectivity index (χ0v) is 16.2. The van der Waals surface area contributed by atoms with Crippen LogP contribution in [0, 0.1) is 0 Å². The van der Waals surface area contributed by atoms with Gasteiger partial charge in [0.25, 0.3) is 0 Å². The van der Waals surface area contributed by atoms with Crippen LogP contribution in [0.1, 0.15) is 12.5 Å². The van der Waals surface area contributed by atoms with Crippen molar-refractivity contribution in [3.05, 3.63) is 54.5 Å². The minimum absolute atomic E-state index is 0.110. The first-order valence-corrected chi connectivity index (χ1v) is 9.82. The number of hydrogen-bond donors (Lipinski definition) is 1. The highest BCUT2D eigenvalue weighted by Crippen LogP contribution is 2.23. The van der Waals surface area contributed by atoms with Crippen LogP contribution in [0.2, 0.25) is 0 Å². The molecule has 0 aliphatic carbocycles. The Morgan fingerprint density at radius 1 is 1.07 bits per heavy atom. The fraction of sp³-hybridized carbons (Fsp3) is 0.381. The third-order valence-corrected chi connectivity index (χ3v) is 5.11. The lowest BCUT2D eigenvalue weighted by Crippen LogP contribution is -2.49. The molecule has 2 aromatic heterocycles. The van der Waals surface area contributed by atoms with Crippen LogP contribution in [0.25, 0.3) is 16.8 Å². The van der Waals surface area contributed by atoms with Crippen LogP contribution in [0.3, 0.4) is 0 Å². The van der Waals surface area contributed by atoms with Gasteiger partial charge in [-0.3, -0.25) is 14.6 Å². The molecule has 1 amide bonds. The van der Waals surface area contributed by atoms with Crippen molar-refractivity contribution in [2.45, 2.75) is 13.5 Å². The molecule has 1 aliphatic rings.